The zero-order valence-electron chi connectivity index (χ0n) is 19.8. The van der Waals surface area contributed by atoms with Crippen molar-refractivity contribution in [2.45, 2.75) is 11.0 Å². The molecule has 190 valence electrons. The van der Waals surface area contributed by atoms with Gasteiger partial charge < -0.3 is 14.2 Å². The summed E-state index contributed by atoms with van der Waals surface area (Å²) in [6.45, 7) is -0.319. The van der Waals surface area contributed by atoms with Gasteiger partial charge in [-0.2, -0.15) is 0 Å². The Kier molecular flexibility index (Phi) is 6.30. The Labute approximate surface area is 217 Å². The summed E-state index contributed by atoms with van der Waals surface area (Å²) in [5, 5.41) is 0.828. The summed E-state index contributed by atoms with van der Waals surface area (Å²) in [5.41, 5.74) is 0.875. The van der Waals surface area contributed by atoms with Crippen LogP contribution >= 0.6 is 11.6 Å². The fraction of sp³-hybridized carbons (Fsp3) is 0.154. The molecule has 0 N–H and O–H groups in total. The van der Waals surface area contributed by atoms with Crippen molar-refractivity contribution < 1.29 is 32.2 Å². The number of benzene rings is 3. The van der Waals surface area contributed by atoms with E-state index >= 15 is 0 Å². The van der Waals surface area contributed by atoms with Gasteiger partial charge in [-0.05, 0) is 48.5 Å². The Morgan fingerprint density at radius 1 is 1.03 bits per heavy atom. The predicted octanol–water partition coefficient (Wildman–Crippen LogP) is 4.39. The number of methoxy groups -OCH3 is 2. The van der Waals surface area contributed by atoms with E-state index in [-0.39, 0.29) is 28.4 Å². The minimum atomic E-state index is -4.12. The molecule has 1 aromatic heterocycles. The summed E-state index contributed by atoms with van der Waals surface area (Å²) in [6, 6.07) is 17.3. The molecule has 0 spiro atoms. The second kappa shape index (κ2) is 9.45. The Balaban J connectivity index is 1.59. The molecule has 9 nitrogen and oxygen atoms in total. The highest BCUT2D eigenvalue weighted by molar-refractivity contribution is 7.92. The number of anilines is 1. The van der Waals surface area contributed by atoms with E-state index in [2.05, 4.69) is 0 Å². The van der Waals surface area contributed by atoms with Crippen LogP contribution in [0.3, 0.4) is 0 Å². The van der Waals surface area contributed by atoms with Crippen LogP contribution in [-0.4, -0.2) is 51.7 Å². The third-order valence-electron chi connectivity index (χ3n) is 6.07. The second-order valence-corrected chi connectivity index (χ2v) is 10.5. The Morgan fingerprint density at radius 2 is 1.76 bits per heavy atom. The lowest BCUT2D eigenvalue weighted by Crippen LogP contribution is -2.48. The maximum Gasteiger partial charge on any atom is 0.340 e. The first kappa shape index (κ1) is 24.7. The number of ether oxygens (including phenoxy) is 3. The van der Waals surface area contributed by atoms with Crippen LogP contribution in [0.5, 0.6) is 11.5 Å². The maximum atomic E-state index is 13.7. The number of nitrogens with zero attached hydrogens (tertiary/aromatic N) is 2. The Bertz CT molecular complexity index is 1630. The van der Waals surface area contributed by atoms with Crippen LogP contribution in [0, 0.1) is 0 Å². The fourth-order valence-corrected chi connectivity index (χ4v) is 5.88. The number of halogens is 1. The van der Waals surface area contributed by atoms with Crippen LogP contribution < -0.4 is 13.8 Å². The first-order valence-electron chi connectivity index (χ1n) is 11.1. The van der Waals surface area contributed by atoms with Gasteiger partial charge in [0, 0.05) is 16.6 Å². The van der Waals surface area contributed by atoms with E-state index in [0.29, 0.717) is 21.7 Å². The number of carbonyl (C=O) groups is 2. The molecule has 11 heteroatoms. The second-order valence-electron chi connectivity index (χ2n) is 8.19. The van der Waals surface area contributed by atoms with Crippen molar-refractivity contribution in [1.82, 2.24) is 4.57 Å². The molecular weight excluding hydrogens is 520 g/mol. The highest BCUT2D eigenvalue weighted by atomic mass is 35.5. The van der Waals surface area contributed by atoms with E-state index < -0.39 is 28.0 Å². The molecule has 5 rings (SSSR count). The summed E-state index contributed by atoms with van der Waals surface area (Å²) in [4.78, 5) is 26.1. The van der Waals surface area contributed by atoms with Crippen molar-refractivity contribution in [3.05, 3.63) is 83.5 Å². The zero-order chi connectivity index (χ0) is 26.3. The number of fused-ring (bicyclic) bond motifs is 2. The van der Waals surface area contributed by atoms with Gasteiger partial charge in [-0.1, -0.05) is 29.8 Å². The molecule has 4 aromatic rings. The minimum Gasteiger partial charge on any atom is -0.497 e. The summed E-state index contributed by atoms with van der Waals surface area (Å²) < 4.78 is 45.8. The van der Waals surface area contributed by atoms with E-state index in [1.54, 1.807) is 30.3 Å². The number of rotatable bonds is 5. The highest BCUT2D eigenvalue weighted by Crippen LogP contribution is 2.39. The van der Waals surface area contributed by atoms with Crippen molar-refractivity contribution in [3.63, 3.8) is 0 Å². The van der Waals surface area contributed by atoms with Crippen molar-refractivity contribution in [2.24, 2.45) is 0 Å². The molecule has 3 aromatic carbocycles. The zero-order valence-corrected chi connectivity index (χ0v) is 21.3. The van der Waals surface area contributed by atoms with E-state index in [9.17, 15) is 18.0 Å². The SMILES string of the molecule is COC(=O)c1cn(C(=O)[C@@H]2CN(S(=O)(=O)c3ccc(OC)cc3)c3cc(Cl)ccc3O2)c2ccccc12. The van der Waals surface area contributed by atoms with E-state index in [4.69, 9.17) is 25.8 Å². The van der Waals surface area contributed by atoms with Gasteiger partial charge >= 0.3 is 5.97 Å². The Hall–Kier alpha value is -4.02. The lowest BCUT2D eigenvalue weighted by Gasteiger charge is -2.35. The molecule has 0 bridgehead atoms. The summed E-state index contributed by atoms with van der Waals surface area (Å²) in [6.07, 6.45) is 0.157. The lowest BCUT2D eigenvalue weighted by atomic mass is 10.2. The molecule has 0 saturated heterocycles. The van der Waals surface area contributed by atoms with Crippen LogP contribution in [0.25, 0.3) is 10.9 Å². The number of aromatic nitrogens is 1. The topological polar surface area (TPSA) is 104 Å². The molecule has 0 amide bonds. The van der Waals surface area contributed by atoms with Gasteiger partial charge in [0.1, 0.15) is 11.5 Å². The number of hydrogen-bond acceptors (Lipinski definition) is 7. The van der Waals surface area contributed by atoms with Crippen molar-refractivity contribution in [2.75, 3.05) is 25.1 Å². The normalized spacial score (nSPS) is 15.1. The van der Waals surface area contributed by atoms with Gasteiger partial charge in [0.05, 0.1) is 42.4 Å². The summed E-state index contributed by atoms with van der Waals surface area (Å²) in [5.74, 6) is -0.480. The molecular formula is C26H21ClN2O7S. The average molecular weight is 541 g/mol. The van der Waals surface area contributed by atoms with Crippen LogP contribution in [0.15, 0.2) is 77.8 Å². The fourth-order valence-electron chi connectivity index (χ4n) is 4.25. The van der Waals surface area contributed by atoms with Crippen molar-refractivity contribution in [1.29, 1.82) is 0 Å². The number of sulfonamides is 1. The summed E-state index contributed by atoms with van der Waals surface area (Å²) in [7, 11) is -1.38. The van der Waals surface area contributed by atoms with Crippen molar-refractivity contribution in [3.8, 4) is 11.5 Å². The van der Waals surface area contributed by atoms with E-state index in [1.807, 2.05) is 0 Å². The molecule has 0 radical (unpaired) electrons. The van der Waals surface area contributed by atoms with Gasteiger partial charge in [-0.25, -0.2) is 13.2 Å². The lowest BCUT2D eigenvalue weighted by molar-refractivity contribution is 0.0602. The van der Waals surface area contributed by atoms with E-state index in [0.717, 1.165) is 4.31 Å². The summed E-state index contributed by atoms with van der Waals surface area (Å²) >= 11 is 6.18. The highest BCUT2D eigenvalue weighted by Gasteiger charge is 2.39. The number of para-hydroxylation sites is 1. The van der Waals surface area contributed by atoms with Crippen LogP contribution in [-0.2, 0) is 14.8 Å². The third-order valence-corrected chi connectivity index (χ3v) is 8.10. The van der Waals surface area contributed by atoms with Crippen LogP contribution in [0.2, 0.25) is 5.02 Å². The quantitative estimate of drug-likeness (QED) is 0.346. The smallest absolute Gasteiger partial charge is 0.340 e. The predicted molar refractivity (Wildman–Crippen MR) is 137 cm³/mol. The van der Waals surface area contributed by atoms with E-state index in [1.165, 1.54) is 61.4 Å². The minimum absolute atomic E-state index is 0.00622. The monoisotopic (exact) mass is 540 g/mol. The van der Waals surface area contributed by atoms with Gasteiger partial charge in [0.2, 0.25) is 0 Å². The number of hydrogen-bond donors (Lipinski definition) is 0. The molecule has 1 aliphatic rings. The van der Waals surface area contributed by atoms with Gasteiger partial charge in [-0.15, -0.1) is 0 Å². The molecule has 0 aliphatic carbocycles. The average Bonchev–Trinajstić information content (AvgIpc) is 3.31. The maximum absolute atomic E-state index is 13.7. The molecule has 0 unspecified atom stereocenters. The van der Waals surface area contributed by atoms with Crippen LogP contribution in [0.4, 0.5) is 5.69 Å². The molecule has 2 heterocycles. The van der Waals surface area contributed by atoms with Gasteiger partial charge in [-0.3, -0.25) is 13.7 Å². The Morgan fingerprint density at radius 3 is 2.46 bits per heavy atom. The first-order valence-corrected chi connectivity index (χ1v) is 12.9. The third kappa shape index (κ3) is 4.28. The largest absolute Gasteiger partial charge is 0.497 e. The molecule has 0 saturated carbocycles. The van der Waals surface area contributed by atoms with Gasteiger partial charge in [0.25, 0.3) is 15.9 Å². The molecule has 0 fully saturated rings. The standard InChI is InChI=1S/C26H21ClN2O7S/c1-34-17-8-10-18(11-9-17)37(32,33)29-15-24(36-23-12-7-16(27)13-22(23)29)25(30)28-14-20(26(31)35-2)19-5-3-4-6-21(19)28/h3-14,24H,15H2,1-2H3/t24-/m0/s1. The molecule has 1 aliphatic heterocycles. The van der Waals surface area contributed by atoms with Gasteiger partial charge in [0.15, 0.2) is 6.10 Å². The molecule has 37 heavy (non-hydrogen) atoms. The first-order chi connectivity index (χ1) is 17.7. The van der Waals surface area contributed by atoms with Crippen LogP contribution in [0.1, 0.15) is 15.2 Å². The number of esters is 1. The van der Waals surface area contributed by atoms with Crippen molar-refractivity contribution >= 4 is 50.1 Å². The number of carbonyl (C=O) groups excluding carboxylic acids is 2. The molecule has 1 atom stereocenters.